The molecule has 0 radical (unpaired) electrons. The molecule has 0 amide bonds. The van der Waals surface area contributed by atoms with Crippen LogP contribution >= 0.6 is 0 Å². The van der Waals surface area contributed by atoms with E-state index >= 15 is 0 Å². The highest BCUT2D eigenvalue weighted by atomic mass is 16.3. The molecule has 0 fully saturated rings. The number of para-hydroxylation sites is 3. The van der Waals surface area contributed by atoms with Crippen LogP contribution in [-0.4, -0.2) is 9.55 Å². The number of furan rings is 1. The normalized spacial score (nSPS) is 15.2. The third-order valence-corrected chi connectivity index (χ3v) is 13.0. The summed E-state index contributed by atoms with van der Waals surface area (Å²) >= 11 is 0. The van der Waals surface area contributed by atoms with Gasteiger partial charge < -0.3 is 4.42 Å². The molecular weight excluding hydrogens is 681 g/mol. The van der Waals surface area contributed by atoms with Crippen molar-refractivity contribution in [2.24, 2.45) is 0 Å². The molecule has 3 heteroatoms. The van der Waals surface area contributed by atoms with Crippen molar-refractivity contribution in [2.75, 3.05) is 0 Å². The van der Waals surface area contributed by atoms with Gasteiger partial charge in [0.15, 0.2) is 0 Å². The largest absolute Gasteiger partial charge is 0.455 e. The summed E-state index contributed by atoms with van der Waals surface area (Å²) in [5, 5.41) is 7.12. The van der Waals surface area contributed by atoms with E-state index in [0.717, 1.165) is 44.4 Å². The Balaban J connectivity index is 1.22. The van der Waals surface area contributed by atoms with Crippen molar-refractivity contribution in [1.29, 1.82) is 0 Å². The summed E-state index contributed by atoms with van der Waals surface area (Å²) in [4.78, 5) is 5.44. The Kier molecular flexibility index (Phi) is 7.71. The highest BCUT2D eigenvalue weighted by Crippen LogP contribution is 2.48. The van der Waals surface area contributed by atoms with Gasteiger partial charge in [0, 0.05) is 10.8 Å². The Morgan fingerprint density at radius 1 is 0.571 bits per heavy atom. The molecule has 2 heterocycles. The van der Waals surface area contributed by atoms with Crippen molar-refractivity contribution in [3.63, 3.8) is 0 Å². The number of rotatable bonds is 5. The van der Waals surface area contributed by atoms with Gasteiger partial charge in [-0.1, -0.05) is 134 Å². The molecule has 0 saturated carbocycles. The van der Waals surface area contributed by atoms with E-state index in [1.807, 2.05) is 0 Å². The molecule has 0 N–H and O–H groups in total. The van der Waals surface area contributed by atoms with E-state index in [0.29, 0.717) is 0 Å². The molecule has 0 aliphatic heterocycles. The lowest BCUT2D eigenvalue weighted by atomic mass is 9.63. The van der Waals surface area contributed by atoms with Gasteiger partial charge in [-0.3, -0.25) is 4.57 Å². The van der Waals surface area contributed by atoms with E-state index in [1.54, 1.807) is 0 Å². The minimum atomic E-state index is 0.144. The summed E-state index contributed by atoms with van der Waals surface area (Å²) in [6.07, 6.45) is 2.42. The highest BCUT2D eigenvalue weighted by molar-refractivity contribution is 6.17. The van der Waals surface area contributed by atoms with Crippen LogP contribution < -0.4 is 0 Å². The minimum absolute atomic E-state index is 0.144. The van der Waals surface area contributed by atoms with Crippen molar-refractivity contribution >= 4 is 54.5 Å². The fraction of sp³-hybridized carbons (Fsp3) is 0.264. The molecule has 1 aliphatic carbocycles. The van der Waals surface area contributed by atoms with Crippen molar-refractivity contribution in [3.8, 4) is 28.2 Å². The maximum atomic E-state index is 6.94. The predicted molar refractivity (Wildman–Crippen MR) is 238 cm³/mol. The standard InChI is InChI=1S/C53H50N2O/c1-31(2)40-27-36(34-22-23-44-45(29-34)53(7,8)25-24-52(44,5)6)28-41(32(3)4)49(40)55-47-19-12-11-18-46(47)54-51(55)39-17-13-16-38-43-26-35-21-20-33-14-9-10-15-37(33)42(35)30-48(43)56-50(38)39/h9-23,26-32H,24-25H2,1-8H3. The molecule has 3 nitrogen and oxygen atoms in total. The summed E-state index contributed by atoms with van der Waals surface area (Å²) in [5.74, 6) is 1.45. The first-order valence-corrected chi connectivity index (χ1v) is 20.5. The molecule has 0 unspecified atom stereocenters. The highest BCUT2D eigenvalue weighted by Gasteiger charge is 2.37. The molecular formula is C53H50N2O. The van der Waals surface area contributed by atoms with Crippen LogP contribution in [0.2, 0.25) is 0 Å². The quantitative estimate of drug-likeness (QED) is 0.165. The minimum Gasteiger partial charge on any atom is -0.455 e. The second-order valence-electron chi connectivity index (χ2n) is 18.2. The van der Waals surface area contributed by atoms with Crippen LogP contribution in [0, 0.1) is 0 Å². The van der Waals surface area contributed by atoms with E-state index in [1.165, 1.54) is 73.5 Å². The molecule has 56 heavy (non-hydrogen) atoms. The maximum absolute atomic E-state index is 6.94. The number of benzene rings is 7. The SMILES string of the molecule is CC(C)c1cc(-c2ccc3c(c2)C(C)(C)CCC3(C)C)cc(C(C)C)c1-n1c(-c2cccc3c2oc2cc4c(ccc5ccccc54)cc23)nc2ccccc21. The Morgan fingerprint density at radius 3 is 2.02 bits per heavy atom. The van der Waals surface area contributed by atoms with Gasteiger partial charge >= 0.3 is 0 Å². The molecule has 0 atom stereocenters. The number of hydrogen-bond acceptors (Lipinski definition) is 2. The molecule has 2 aromatic heterocycles. The van der Waals surface area contributed by atoms with Crippen molar-refractivity contribution in [3.05, 3.63) is 144 Å². The van der Waals surface area contributed by atoms with Gasteiger partial charge in [0.1, 0.15) is 17.0 Å². The van der Waals surface area contributed by atoms with E-state index < -0.39 is 0 Å². The van der Waals surface area contributed by atoms with Crippen LogP contribution in [0.3, 0.4) is 0 Å². The molecule has 278 valence electrons. The second kappa shape index (κ2) is 12.4. The smallest absolute Gasteiger partial charge is 0.149 e. The third-order valence-electron chi connectivity index (χ3n) is 13.0. The number of imidazole rings is 1. The first kappa shape index (κ1) is 34.8. The lowest BCUT2D eigenvalue weighted by Crippen LogP contribution is -2.33. The Bertz CT molecular complexity index is 3010. The van der Waals surface area contributed by atoms with Gasteiger partial charge in [0.05, 0.1) is 22.3 Å². The van der Waals surface area contributed by atoms with Gasteiger partial charge in [-0.2, -0.15) is 0 Å². The topological polar surface area (TPSA) is 31.0 Å². The number of fused-ring (bicyclic) bond motifs is 8. The zero-order valence-corrected chi connectivity index (χ0v) is 33.9. The Hall–Kier alpha value is -5.67. The fourth-order valence-corrected chi connectivity index (χ4v) is 9.66. The molecule has 1 aliphatic rings. The monoisotopic (exact) mass is 730 g/mol. The zero-order valence-electron chi connectivity index (χ0n) is 33.9. The van der Waals surface area contributed by atoms with Crippen molar-refractivity contribution < 1.29 is 4.42 Å². The van der Waals surface area contributed by atoms with Crippen molar-refractivity contribution in [2.45, 2.75) is 90.9 Å². The van der Waals surface area contributed by atoms with Gasteiger partial charge in [-0.05, 0) is 133 Å². The average Bonchev–Trinajstić information content (AvgIpc) is 3.76. The molecule has 0 saturated heterocycles. The fourth-order valence-electron chi connectivity index (χ4n) is 9.66. The van der Waals surface area contributed by atoms with Crippen LogP contribution in [0.25, 0.3) is 82.7 Å². The Labute approximate surface area is 330 Å². The van der Waals surface area contributed by atoms with Crippen molar-refractivity contribution in [1.82, 2.24) is 9.55 Å². The summed E-state index contributed by atoms with van der Waals surface area (Å²) in [5.41, 5.74) is 14.6. The molecule has 0 spiro atoms. The molecule has 9 aromatic rings. The van der Waals surface area contributed by atoms with Gasteiger partial charge in [-0.15, -0.1) is 0 Å². The van der Waals surface area contributed by atoms with Crippen LogP contribution in [-0.2, 0) is 10.8 Å². The van der Waals surface area contributed by atoms with E-state index in [2.05, 4.69) is 181 Å². The van der Waals surface area contributed by atoms with Gasteiger partial charge in [0.25, 0.3) is 0 Å². The average molecular weight is 731 g/mol. The van der Waals surface area contributed by atoms with Crippen LogP contribution in [0.1, 0.15) is 102 Å². The van der Waals surface area contributed by atoms with E-state index in [4.69, 9.17) is 9.40 Å². The summed E-state index contributed by atoms with van der Waals surface area (Å²) < 4.78 is 9.38. The molecule has 0 bridgehead atoms. The van der Waals surface area contributed by atoms with E-state index in [-0.39, 0.29) is 22.7 Å². The second-order valence-corrected chi connectivity index (χ2v) is 18.2. The number of nitrogens with zero attached hydrogens (tertiary/aromatic N) is 2. The zero-order chi connectivity index (χ0) is 38.7. The van der Waals surface area contributed by atoms with Crippen LogP contribution in [0.15, 0.2) is 126 Å². The van der Waals surface area contributed by atoms with Crippen LogP contribution in [0.5, 0.6) is 0 Å². The predicted octanol–water partition coefficient (Wildman–Crippen LogP) is 15.2. The summed E-state index contributed by atoms with van der Waals surface area (Å²) in [7, 11) is 0. The maximum Gasteiger partial charge on any atom is 0.149 e. The summed E-state index contributed by atoms with van der Waals surface area (Å²) in [6.45, 7) is 19.0. The number of aromatic nitrogens is 2. The van der Waals surface area contributed by atoms with Gasteiger partial charge in [0.2, 0.25) is 0 Å². The number of hydrogen-bond donors (Lipinski definition) is 0. The Morgan fingerprint density at radius 2 is 1.25 bits per heavy atom. The van der Waals surface area contributed by atoms with Gasteiger partial charge in [-0.25, -0.2) is 4.98 Å². The molecule has 7 aromatic carbocycles. The first-order valence-electron chi connectivity index (χ1n) is 20.5. The summed E-state index contributed by atoms with van der Waals surface area (Å²) in [6, 6.07) is 44.9. The lowest BCUT2D eigenvalue weighted by molar-refractivity contribution is 0.332. The lowest BCUT2D eigenvalue weighted by Gasteiger charge is -2.42. The van der Waals surface area contributed by atoms with Crippen LogP contribution in [0.4, 0.5) is 0 Å². The third kappa shape index (κ3) is 5.27. The first-order chi connectivity index (χ1) is 26.9. The van der Waals surface area contributed by atoms with E-state index in [9.17, 15) is 0 Å². The molecule has 10 rings (SSSR count).